The number of ketones is 1. The van der Waals surface area contributed by atoms with Gasteiger partial charge >= 0.3 is 6.18 Å². The molecule has 5 nitrogen and oxygen atoms in total. The van der Waals surface area contributed by atoms with Crippen LogP contribution in [0, 0.1) is 18.6 Å². The van der Waals surface area contributed by atoms with Crippen molar-refractivity contribution in [3.05, 3.63) is 100 Å². The molecule has 0 spiro atoms. The van der Waals surface area contributed by atoms with E-state index < -0.39 is 29.4 Å². The lowest BCUT2D eigenvalue weighted by Crippen LogP contribution is -2.20. The predicted molar refractivity (Wildman–Crippen MR) is 139 cm³/mol. The first-order chi connectivity index (χ1) is 19.1. The molecule has 208 valence electrons. The highest BCUT2D eigenvalue weighted by Gasteiger charge is 2.39. The van der Waals surface area contributed by atoms with Crippen LogP contribution in [0.5, 0.6) is 0 Å². The fourth-order valence-corrected chi connectivity index (χ4v) is 5.40. The monoisotopic (exact) mass is 554 g/mol. The Kier molecular flexibility index (Phi) is 7.78. The van der Waals surface area contributed by atoms with Crippen LogP contribution >= 0.6 is 0 Å². The topological polar surface area (TPSA) is 60.7 Å². The third kappa shape index (κ3) is 6.11. The summed E-state index contributed by atoms with van der Waals surface area (Å²) in [4.78, 5) is 22.4. The van der Waals surface area contributed by atoms with E-state index >= 15 is 0 Å². The van der Waals surface area contributed by atoms with Gasteiger partial charge in [-0.15, -0.1) is 0 Å². The van der Waals surface area contributed by atoms with Crippen LogP contribution in [0.15, 0.2) is 54.9 Å². The Labute approximate surface area is 228 Å². The Morgan fingerprint density at radius 3 is 2.35 bits per heavy atom. The quantitative estimate of drug-likeness (QED) is 0.225. The third-order valence-corrected chi connectivity index (χ3v) is 7.17. The summed E-state index contributed by atoms with van der Waals surface area (Å²) in [5.74, 6) is -2.51. The van der Waals surface area contributed by atoms with Crippen molar-refractivity contribution in [1.29, 1.82) is 0 Å². The van der Waals surface area contributed by atoms with Crippen molar-refractivity contribution in [2.24, 2.45) is 0 Å². The van der Waals surface area contributed by atoms with Crippen molar-refractivity contribution in [2.75, 3.05) is 0 Å². The van der Waals surface area contributed by atoms with Gasteiger partial charge in [-0.25, -0.2) is 8.78 Å². The first-order valence-electron chi connectivity index (χ1n) is 13.1. The van der Waals surface area contributed by atoms with E-state index in [4.69, 9.17) is 0 Å². The Balaban J connectivity index is 1.49. The Morgan fingerprint density at radius 1 is 0.975 bits per heavy atom. The molecule has 0 N–H and O–H groups in total. The van der Waals surface area contributed by atoms with Gasteiger partial charge in [0.1, 0.15) is 11.6 Å². The van der Waals surface area contributed by atoms with Gasteiger partial charge in [0.05, 0.1) is 17.9 Å². The van der Waals surface area contributed by atoms with Gasteiger partial charge in [0.2, 0.25) is 0 Å². The van der Waals surface area contributed by atoms with Crippen molar-refractivity contribution in [2.45, 2.75) is 64.1 Å². The molecule has 0 aliphatic heterocycles. The second-order valence-electron chi connectivity index (χ2n) is 10.2. The molecule has 1 unspecified atom stereocenters. The summed E-state index contributed by atoms with van der Waals surface area (Å²) in [5.41, 5.74) is 2.77. The normalized spacial score (nSPS) is 14.2. The van der Waals surface area contributed by atoms with Gasteiger partial charge in [-0.3, -0.25) is 19.4 Å². The molecule has 0 amide bonds. The highest BCUT2D eigenvalue weighted by atomic mass is 19.4. The van der Waals surface area contributed by atoms with Crippen LogP contribution in [0.3, 0.4) is 0 Å². The van der Waals surface area contributed by atoms with Crippen LogP contribution in [0.4, 0.5) is 22.0 Å². The number of nitrogens with zero attached hydrogens (tertiary/aromatic N) is 4. The highest BCUT2D eigenvalue weighted by molar-refractivity contribution is 5.79. The van der Waals surface area contributed by atoms with Gasteiger partial charge < -0.3 is 0 Å². The molecular weight excluding hydrogens is 527 g/mol. The van der Waals surface area contributed by atoms with Crippen molar-refractivity contribution in [3.63, 3.8) is 0 Å². The standard InChI is InChI=1S/C30H27F5N4O/c1-18-6-8-20(9-7-18)27-28(37-11-10-36-27)21(12-19-13-22(31)16-23(32)14-19)15-24(40)17-39-26-5-3-2-4-25(26)29(38-39)30(33,34)35/h6-11,13-14,16,21H,2-5,12,15,17H2,1H3. The Bertz CT molecular complexity index is 1510. The van der Waals surface area contributed by atoms with Crippen LogP contribution in [0.25, 0.3) is 11.3 Å². The summed E-state index contributed by atoms with van der Waals surface area (Å²) in [6, 6.07) is 10.7. The molecule has 10 heteroatoms. The van der Waals surface area contributed by atoms with E-state index in [2.05, 4.69) is 15.1 Å². The van der Waals surface area contributed by atoms with Crippen molar-refractivity contribution >= 4 is 5.78 Å². The predicted octanol–water partition coefficient (Wildman–Crippen LogP) is 6.81. The van der Waals surface area contributed by atoms with E-state index in [0.29, 0.717) is 35.5 Å². The van der Waals surface area contributed by atoms with E-state index in [1.165, 1.54) is 29.2 Å². The van der Waals surface area contributed by atoms with E-state index in [9.17, 15) is 26.7 Å². The first-order valence-corrected chi connectivity index (χ1v) is 13.1. The zero-order chi connectivity index (χ0) is 28.4. The zero-order valence-corrected chi connectivity index (χ0v) is 21.8. The summed E-state index contributed by atoms with van der Waals surface area (Å²) in [7, 11) is 0. The number of fused-ring (bicyclic) bond motifs is 1. The minimum Gasteiger partial charge on any atom is -0.298 e. The molecule has 2 aromatic carbocycles. The Morgan fingerprint density at radius 2 is 1.65 bits per heavy atom. The maximum atomic E-state index is 14.0. The number of carbonyl (C=O) groups excluding carboxylic acids is 1. The largest absolute Gasteiger partial charge is 0.435 e. The minimum atomic E-state index is -4.61. The smallest absolute Gasteiger partial charge is 0.298 e. The minimum absolute atomic E-state index is 0.0724. The molecule has 0 saturated heterocycles. The number of hydrogen-bond donors (Lipinski definition) is 0. The van der Waals surface area contributed by atoms with Crippen molar-refractivity contribution in [3.8, 4) is 11.3 Å². The number of rotatable bonds is 8. The fourth-order valence-electron chi connectivity index (χ4n) is 5.40. The Hall–Kier alpha value is -3.95. The van der Waals surface area contributed by atoms with Gasteiger partial charge in [0.25, 0.3) is 0 Å². The average molecular weight is 555 g/mol. The molecule has 0 radical (unpaired) electrons. The summed E-state index contributed by atoms with van der Waals surface area (Å²) in [6.07, 6.45) is 0.375. The molecule has 2 aromatic heterocycles. The fraction of sp³-hybridized carbons (Fsp3) is 0.333. The van der Waals surface area contributed by atoms with Crippen LogP contribution < -0.4 is 0 Å². The van der Waals surface area contributed by atoms with E-state index in [-0.39, 0.29) is 37.2 Å². The van der Waals surface area contributed by atoms with Crippen LogP contribution in [0.2, 0.25) is 0 Å². The number of alkyl halides is 3. The highest BCUT2D eigenvalue weighted by Crippen LogP contribution is 2.36. The van der Waals surface area contributed by atoms with Gasteiger partial charge in [-0.1, -0.05) is 29.8 Å². The summed E-state index contributed by atoms with van der Waals surface area (Å²) < 4.78 is 70.2. The molecule has 40 heavy (non-hydrogen) atoms. The second kappa shape index (κ2) is 11.3. The van der Waals surface area contributed by atoms with Gasteiger partial charge in [-0.2, -0.15) is 18.3 Å². The van der Waals surface area contributed by atoms with Gasteiger partial charge in [0.15, 0.2) is 11.5 Å². The molecule has 2 heterocycles. The summed E-state index contributed by atoms with van der Waals surface area (Å²) >= 11 is 0. The molecule has 0 saturated carbocycles. The molecular formula is C30H27F5N4O. The number of Topliss-reactive ketones (excluding diaryl/α,β-unsaturated/α-hetero) is 1. The summed E-state index contributed by atoms with van der Waals surface area (Å²) in [6.45, 7) is 1.60. The number of aryl methyl sites for hydroxylation is 1. The van der Waals surface area contributed by atoms with E-state index in [1.54, 1.807) is 0 Å². The van der Waals surface area contributed by atoms with Crippen LogP contribution in [-0.4, -0.2) is 25.5 Å². The average Bonchev–Trinajstić information content (AvgIpc) is 3.27. The van der Waals surface area contributed by atoms with Crippen molar-refractivity contribution in [1.82, 2.24) is 19.7 Å². The molecule has 0 fully saturated rings. The van der Waals surface area contributed by atoms with Gasteiger partial charge in [0, 0.05) is 47.6 Å². The number of hydrogen-bond acceptors (Lipinski definition) is 4. The molecule has 1 atom stereocenters. The van der Waals surface area contributed by atoms with E-state index in [1.807, 2.05) is 31.2 Å². The number of halogens is 5. The molecule has 5 rings (SSSR count). The maximum Gasteiger partial charge on any atom is 0.435 e. The molecule has 1 aliphatic rings. The lowest BCUT2D eigenvalue weighted by Gasteiger charge is -2.20. The van der Waals surface area contributed by atoms with Gasteiger partial charge in [-0.05, 0) is 56.7 Å². The van der Waals surface area contributed by atoms with E-state index in [0.717, 1.165) is 23.6 Å². The van der Waals surface area contributed by atoms with Crippen molar-refractivity contribution < 1.29 is 26.7 Å². The summed E-state index contributed by atoms with van der Waals surface area (Å²) in [5, 5.41) is 3.81. The third-order valence-electron chi connectivity index (χ3n) is 7.17. The number of aromatic nitrogens is 4. The number of carbonyl (C=O) groups is 1. The SMILES string of the molecule is Cc1ccc(-c2nccnc2C(CC(=O)Cn2nc(C(F)(F)F)c3c2CCCC3)Cc2cc(F)cc(F)c2)cc1. The van der Waals surface area contributed by atoms with Crippen LogP contribution in [-0.2, 0) is 36.8 Å². The lowest BCUT2D eigenvalue weighted by molar-refractivity contribution is -0.142. The number of benzene rings is 2. The second-order valence-corrected chi connectivity index (χ2v) is 10.2. The van der Waals surface area contributed by atoms with Crippen LogP contribution in [0.1, 0.15) is 59.0 Å². The first kappa shape index (κ1) is 27.6. The zero-order valence-electron chi connectivity index (χ0n) is 21.8. The molecule has 4 aromatic rings. The maximum absolute atomic E-state index is 14.0. The lowest BCUT2D eigenvalue weighted by atomic mass is 9.88. The molecule has 0 bridgehead atoms. The molecule has 1 aliphatic carbocycles.